The van der Waals surface area contributed by atoms with Crippen LogP contribution in [0.5, 0.6) is 0 Å². The molecule has 2 nitrogen and oxygen atoms in total. The van der Waals surface area contributed by atoms with Gasteiger partial charge in [-0.2, -0.15) is 0 Å². The van der Waals surface area contributed by atoms with Gasteiger partial charge in [-0.25, -0.2) is 0 Å². The normalized spacial score (nSPS) is 22.6. The molecule has 1 aromatic rings. The monoisotopic (exact) mass is 260 g/mol. The standard InChI is InChI=1S/C16H25BO2/c1-11-8-9-14(10-12(11)2)13(3)17-18-15(4,5)16(6,7)19-17/h8-10,13H,1-7H3. The summed E-state index contributed by atoms with van der Waals surface area (Å²) in [5, 5.41) is 0. The summed E-state index contributed by atoms with van der Waals surface area (Å²) >= 11 is 0. The number of hydrogen-bond donors (Lipinski definition) is 0. The highest BCUT2D eigenvalue weighted by atomic mass is 16.7. The molecule has 19 heavy (non-hydrogen) atoms. The molecule has 0 aliphatic carbocycles. The lowest BCUT2D eigenvalue weighted by molar-refractivity contribution is 0.00578. The van der Waals surface area contributed by atoms with Crippen LogP contribution in [0, 0.1) is 13.8 Å². The van der Waals surface area contributed by atoms with Crippen molar-refractivity contribution < 1.29 is 9.31 Å². The van der Waals surface area contributed by atoms with Crippen molar-refractivity contribution in [1.82, 2.24) is 0 Å². The third-order valence-electron chi connectivity index (χ3n) is 4.74. The van der Waals surface area contributed by atoms with Crippen LogP contribution in [0.3, 0.4) is 0 Å². The van der Waals surface area contributed by atoms with Crippen molar-refractivity contribution in [3.05, 3.63) is 34.9 Å². The van der Waals surface area contributed by atoms with E-state index in [4.69, 9.17) is 9.31 Å². The van der Waals surface area contributed by atoms with Crippen molar-refractivity contribution in [3.63, 3.8) is 0 Å². The van der Waals surface area contributed by atoms with Crippen LogP contribution in [0.1, 0.15) is 57.1 Å². The summed E-state index contributed by atoms with van der Waals surface area (Å²) in [4.78, 5) is 0. The Bertz CT molecular complexity index is 464. The first-order chi connectivity index (χ1) is 8.64. The highest BCUT2D eigenvalue weighted by Gasteiger charge is 2.52. The van der Waals surface area contributed by atoms with E-state index < -0.39 is 0 Å². The van der Waals surface area contributed by atoms with E-state index in [1.54, 1.807) is 0 Å². The maximum Gasteiger partial charge on any atom is 0.465 e. The van der Waals surface area contributed by atoms with Gasteiger partial charge in [-0.15, -0.1) is 0 Å². The van der Waals surface area contributed by atoms with Crippen LogP contribution in [0.4, 0.5) is 0 Å². The molecule has 0 aromatic heterocycles. The average molecular weight is 260 g/mol. The molecule has 1 aliphatic heterocycles. The van der Waals surface area contributed by atoms with Crippen molar-refractivity contribution in [2.24, 2.45) is 0 Å². The van der Waals surface area contributed by atoms with Crippen molar-refractivity contribution in [3.8, 4) is 0 Å². The lowest BCUT2D eigenvalue weighted by atomic mass is 9.69. The van der Waals surface area contributed by atoms with Gasteiger partial charge in [0.15, 0.2) is 0 Å². The number of rotatable bonds is 2. The van der Waals surface area contributed by atoms with Gasteiger partial charge in [0.25, 0.3) is 0 Å². The van der Waals surface area contributed by atoms with E-state index in [1.807, 2.05) is 0 Å². The molecule has 1 atom stereocenters. The summed E-state index contributed by atoms with van der Waals surface area (Å²) in [6.45, 7) is 14.8. The van der Waals surface area contributed by atoms with Crippen LogP contribution >= 0.6 is 0 Å². The third kappa shape index (κ3) is 2.59. The molecule has 1 aromatic carbocycles. The Morgan fingerprint density at radius 1 is 0.947 bits per heavy atom. The van der Waals surface area contributed by atoms with E-state index in [0.29, 0.717) is 0 Å². The summed E-state index contributed by atoms with van der Waals surface area (Å²) in [6.07, 6.45) is 0. The van der Waals surface area contributed by atoms with E-state index in [0.717, 1.165) is 0 Å². The van der Waals surface area contributed by atoms with E-state index in [9.17, 15) is 0 Å². The minimum atomic E-state index is -0.258. The smallest absolute Gasteiger partial charge is 0.403 e. The van der Waals surface area contributed by atoms with Crippen LogP contribution in [-0.2, 0) is 9.31 Å². The van der Waals surface area contributed by atoms with Gasteiger partial charge in [-0.1, -0.05) is 25.1 Å². The van der Waals surface area contributed by atoms with Crippen LogP contribution in [0.25, 0.3) is 0 Å². The highest BCUT2D eigenvalue weighted by Crippen LogP contribution is 2.40. The summed E-state index contributed by atoms with van der Waals surface area (Å²) in [6, 6.07) is 6.59. The van der Waals surface area contributed by atoms with Crippen molar-refractivity contribution in [2.75, 3.05) is 0 Å². The second-order valence-electron chi connectivity index (χ2n) is 6.76. The van der Waals surface area contributed by atoms with Crippen molar-refractivity contribution in [1.29, 1.82) is 0 Å². The second-order valence-corrected chi connectivity index (χ2v) is 6.76. The highest BCUT2D eigenvalue weighted by molar-refractivity contribution is 6.47. The Balaban J connectivity index is 2.22. The van der Waals surface area contributed by atoms with Gasteiger partial charge in [-0.3, -0.25) is 0 Å². The molecule has 1 heterocycles. The lowest BCUT2D eigenvalue weighted by Crippen LogP contribution is -2.41. The summed E-state index contributed by atoms with van der Waals surface area (Å²) in [7, 11) is -0.174. The third-order valence-corrected chi connectivity index (χ3v) is 4.74. The average Bonchev–Trinajstić information content (AvgIpc) is 2.51. The predicted molar refractivity (Wildman–Crippen MR) is 80.4 cm³/mol. The zero-order chi connectivity index (χ0) is 14.4. The molecule has 1 aliphatic rings. The van der Waals surface area contributed by atoms with Crippen LogP contribution in [0.15, 0.2) is 18.2 Å². The maximum atomic E-state index is 6.13. The Hall–Kier alpha value is -0.795. The van der Waals surface area contributed by atoms with Gasteiger partial charge in [0.2, 0.25) is 0 Å². The molecular weight excluding hydrogens is 235 g/mol. The summed E-state index contributed by atoms with van der Waals surface area (Å²) < 4.78 is 12.3. The topological polar surface area (TPSA) is 18.5 Å². The molecule has 1 fully saturated rings. The lowest BCUT2D eigenvalue weighted by Gasteiger charge is -2.32. The first-order valence-electron chi connectivity index (χ1n) is 7.07. The van der Waals surface area contributed by atoms with Gasteiger partial charge in [0, 0.05) is 5.82 Å². The maximum absolute atomic E-state index is 6.13. The van der Waals surface area contributed by atoms with Crippen LogP contribution in [0.2, 0.25) is 0 Å². The van der Waals surface area contributed by atoms with Gasteiger partial charge >= 0.3 is 7.12 Å². The Morgan fingerprint density at radius 3 is 1.95 bits per heavy atom. The first kappa shape index (κ1) is 14.6. The Labute approximate surface area is 117 Å². The number of benzene rings is 1. The minimum Gasteiger partial charge on any atom is -0.403 e. The van der Waals surface area contributed by atoms with Crippen LogP contribution in [-0.4, -0.2) is 18.3 Å². The molecule has 104 valence electrons. The molecule has 0 spiro atoms. The number of aryl methyl sites for hydroxylation is 2. The quantitative estimate of drug-likeness (QED) is 0.747. The van der Waals surface area contributed by atoms with Crippen molar-refractivity contribution >= 4 is 7.12 Å². The first-order valence-corrected chi connectivity index (χ1v) is 7.07. The fraction of sp³-hybridized carbons (Fsp3) is 0.625. The summed E-state index contributed by atoms with van der Waals surface area (Å²) in [5.41, 5.74) is 3.41. The van der Waals surface area contributed by atoms with E-state index in [2.05, 4.69) is 66.7 Å². The Kier molecular flexibility index (Phi) is 3.57. The summed E-state index contributed by atoms with van der Waals surface area (Å²) in [5.74, 6) is 0.236. The minimum absolute atomic E-state index is 0.174. The molecule has 3 heteroatoms. The van der Waals surface area contributed by atoms with E-state index in [1.165, 1.54) is 16.7 Å². The predicted octanol–water partition coefficient (Wildman–Crippen LogP) is 4.04. The molecule has 2 rings (SSSR count). The molecule has 0 bridgehead atoms. The second kappa shape index (κ2) is 4.64. The number of hydrogen-bond acceptors (Lipinski definition) is 2. The zero-order valence-corrected chi connectivity index (χ0v) is 13.2. The molecule has 0 amide bonds. The van der Waals surface area contributed by atoms with E-state index >= 15 is 0 Å². The van der Waals surface area contributed by atoms with Gasteiger partial charge in [0.05, 0.1) is 11.2 Å². The van der Waals surface area contributed by atoms with Gasteiger partial charge in [-0.05, 0) is 58.2 Å². The molecule has 1 unspecified atom stereocenters. The van der Waals surface area contributed by atoms with Gasteiger partial charge < -0.3 is 9.31 Å². The Morgan fingerprint density at radius 2 is 1.47 bits per heavy atom. The zero-order valence-electron chi connectivity index (χ0n) is 13.2. The van der Waals surface area contributed by atoms with E-state index in [-0.39, 0.29) is 24.1 Å². The van der Waals surface area contributed by atoms with Crippen molar-refractivity contribution in [2.45, 2.75) is 65.5 Å². The molecule has 0 saturated carbocycles. The fourth-order valence-electron chi connectivity index (χ4n) is 2.30. The molecular formula is C16H25BO2. The molecule has 1 saturated heterocycles. The largest absolute Gasteiger partial charge is 0.465 e. The molecule has 0 radical (unpaired) electrons. The van der Waals surface area contributed by atoms with Gasteiger partial charge in [0.1, 0.15) is 0 Å². The fourth-order valence-corrected chi connectivity index (χ4v) is 2.30. The SMILES string of the molecule is Cc1ccc(C(C)B2OC(C)(C)C(C)(C)O2)cc1C. The molecule has 0 N–H and O–H groups in total. The van der Waals surface area contributed by atoms with Crippen LogP contribution < -0.4 is 0 Å².